The van der Waals surface area contributed by atoms with E-state index in [4.69, 9.17) is 9.47 Å². The summed E-state index contributed by atoms with van der Waals surface area (Å²) < 4.78 is 10.3. The van der Waals surface area contributed by atoms with Crippen molar-refractivity contribution in [1.29, 1.82) is 0 Å². The summed E-state index contributed by atoms with van der Waals surface area (Å²) in [6.07, 6.45) is -0.439. The van der Waals surface area contributed by atoms with Crippen molar-refractivity contribution in [3.8, 4) is 11.5 Å². The zero-order valence-electron chi connectivity index (χ0n) is 14.8. The lowest BCUT2D eigenvalue weighted by Crippen LogP contribution is -2.41. The number of amides is 1. The maximum Gasteiger partial charge on any atom is 0.407 e. The molecule has 23 heavy (non-hydrogen) atoms. The van der Waals surface area contributed by atoms with Crippen LogP contribution in [-0.2, 0) is 4.74 Å². The van der Waals surface area contributed by atoms with Gasteiger partial charge < -0.3 is 25.2 Å². The molecule has 0 bridgehead atoms. The molecule has 6 heteroatoms. The maximum atomic E-state index is 11.6. The Hall–Kier alpha value is -1.95. The lowest BCUT2D eigenvalue weighted by atomic mass is 10.1. The fraction of sp³-hybridized carbons (Fsp3) is 0.588. The predicted molar refractivity (Wildman–Crippen MR) is 89.9 cm³/mol. The molecule has 0 saturated carbocycles. The van der Waals surface area contributed by atoms with E-state index in [1.54, 1.807) is 19.2 Å². The molecule has 0 aliphatic rings. The summed E-state index contributed by atoms with van der Waals surface area (Å²) in [4.78, 5) is 11.6. The van der Waals surface area contributed by atoms with Crippen LogP contribution in [0.1, 0.15) is 46.2 Å². The van der Waals surface area contributed by atoms with Crippen LogP contribution in [0.4, 0.5) is 4.79 Å². The van der Waals surface area contributed by atoms with Crippen LogP contribution in [0.15, 0.2) is 18.2 Å². The fourth-order valence-electron chi connectivity index (χ4n) is 2.14. The van der Waals surface area contributed by atoms with Gasteiger partial charge in [0.1, 0.15) is 17.1 Å². The number of phenolic OH excluding ortho intramolecular Hbond substituents is 1. The van der Waals surface area contributed by atoms with E-state index in [-0.39, 0.29) is 17.8 Å². The standard InChI is InChI=1S/C17H28N2O4/c1-11(10-18-16(21)23-17(3,4)5)19-12(2)14-8-7-13(22-6)9-15(14)20/h7-9,11-12,19-20H,10H2,1-6H3,(H,18,21). The average molecular weight is 324 g/mol. The Morgan fingerprint density at radius 1 is 1.30 bits per heavy atom. The van der Waals surface area contributed by atoms with Crippen LogP contribution in [0.5, 0.6) is 11.5 Å². The van der Waals surface area contributed by atoms with Gasteiger partial charge in [-0.15, -0.1) is 0 Å². The molecule has 0 radical (unpaired) electrons. The van der Waals surface area contributed by atoms with Crippen LogP contribution < -0.4 is 15.4 Å². The monoisotopic (exact) mass is 324 g/mol. The van der Waals surface area contributed by atoms with Crippen molar-refractivity contribution in [1.82, 2.24) is 10.6 Å². The van der Waals surface area contributed by atoms with E-state index in [0.717, 1.165) is 5.56 Å². The number of carbonyl (C=O) groups is 1. The molecule has 130 valence electrons. The molecule has 0 aromatic heterocycles. The number of benzene rings is 1. The molecule has 2 atom stereocenters. The van der Waals surface area contributed by atoms with Gasteiger partial charge in [-0.3, -0.25) is 0 Å². The first kappa shape index (κ1) is 19.1. The average Bonchev–Trinajstić information content (AvgIpc) is 2.43. The lowest BCUT2D eigenvalue weighted by Gasteiger charge is -2.23. The SMILES string of the molecule is COc1ccc(C(C)NC(C)CNC(=O)OC(C)(C)C)c(O)c1. The van der Waals surface area contributed by atoms with Crippen molar-refractivity contribution < 1.29 is 19.4 Å². The second-order valence-electron chi connectivity index (χ2n) is 6.60. The third kappa shape index (κ3) is 6.78. The van der Waals surface area contributed by atoms with Crippen molar-refractivity contribution in [3.63, 3.8) is 0 Å². The van der Waals surface area contributed by atoms with Gasteiger partial charge in [0.15, 0.2) is 0 Å². The van der Waals surface area contributed by atoms with Crippen molar-refractivity contribution >= 4 is 6.09 Å². The Balaban J connectivity index is 2.50. The van der Waals surface area contributed by atoms with Crippen molar-refractivity contribution in [3.05, 3.63) is 23.8 Å². The van der Waals surface area contributed by atoms with E-state index in [2.05, 4.69) is 10.6 Å². The normalized spacial score (nSPS) is 14.0. The van der Waals surface area contributed by atoms with Crippen molar-refractivity contribution in [2.45, 2.75) is 52.3 Å². The van der Waals surface area contributed by atoms with Gasteiger partial charge in [-0.05, 0) is 40.7 Å². The molecule has 3 N–H and O–H groups in total. The molecule has 1 aromatic rings. The molecule has 0 spiro atoms. The lowest BCUT2D eigenvalue weighted by molar-refractivity contribution is 0.0522. The number of hydrogen-bond acceptors (Lipinski definition) is 5. The van der Waals surface area contributed by atoms with Gasteiger partial charge in [-0.2, -0.15) is 0 Å². The molecular weight excluding hydrogens is 296 g/mol. The van der Waals surface area contributed by atoms with E-state index in [0.29, 0.717) is 12.3 Å². The van der Waals surface area contributed by atoms with Gasteiger partial charge in [-0.1, -0.05) is 6.07 Å². The third-order valence-electron chi connectivity index (χ3n) is 3.19. The summed E-state index contributed by atoms with van der Waals surface area (Å²) in [5.41, 5.74) is 0.262. The van der Waals surface area contributed by atoms with Crippen LogP contribution >= 0.6 is 0 Å². The molecule has 1 aromatic carbocycles. The summed E-state index contributed by atoms with van der Waals surface area (Å²) in [6.45, 7) is 9.80. The predicted octanol–water partition coefficient (Wildman–Crippen LogP) is 2.96. The van der Waals surface area contributed by atoms with Crippen LogP contribution in [0, 0.1) is 0 Å². The molecule has 2 unspecified atom stereocenters. The van der Waals surface area contributed by atoms with Crippen molar-refractivity contribution in [2.75, 3.05) is 13.7 Å². The Morgan fingerprint density at radius 2 is 1.96 bits per heavy atom. The molecule has 1 rings (SSSR count). The largest absolute Gasteiger partial charge is 0.507 e. The van der Waals surface area contributed by atoms with Gasteiger partial charge >= 0.3 is 6.09 Å². The molecule has 0 fully saturated rings. The summed E-state index contributed by atoms with van der Waals surface area (Å²) in [6, 6.07) is 5.14. The van der Waals surface area contributed by atoms with Gasteiger partial charge in [-0.25, -0.2) is 4.79 Å². The van der Waals surface area contributed by atoms with Crippen LogP contribution in [0.3, 0.4) is 0 Å². The Kier molecular flexibility index (Phi) is 6.69. The van der Waals surface area contributed by atoms with Gasteiger partial charge in [0.25, 0.3) is 0 Å². The molecule has 0 aliphatic heterocycles. The molecule has 0 aliphatic carbocycles. The fourth-order valence-corrected chi connectivity index (χ4v) is 2.14. The number of methoxy groups -OCH3 is 1. The second-order valence-corrected chi connectivity index (χ2v) is 6.60. The Bertz CT molecular complexity index is 526. The number of carbonyl (C=O) groups excluding carboxylic acids is 1. The Morgan fingerprint density at radius 3 is 2.48 bits per heavy atom. The summed E-state index contributed by atoms with van der Waals surface area (Å²) in [7, 11) is 1.56. The van der Waals surface area contributed by atoms with Gasteiger partial charge in [0.2, 0.25) is 0 Å². The topological polar surface area (TPSA) is 79.8 Å². The van der Waals surface area contributed by atoms with Gasteiger partial charge in [0, 0.05) is 30.3 Å². The number of aromatic hydroxyl groups is 1. The third-order valence-corrected chi connectivity index (χ3v) is 3.19. The van der Waals surface area contributed by atoms with E-state index in [9.17, 15) is 9.90 Å². The van der Waals surface area contributed by atoms with Crippen LogP contribution in [0.25, 0.3) is 0 Å². The summed E-state index contributed by atoms with van der Waals surface area (Å²) >= 11 is 0. The first-order chi connectivity index (χ1) is 10.6. The molecular formula is C17H28N2O4. The summed E-state index contributed by atoms with van der Waals surface area (Å²) in [5.74, 6) is 0.787. The molecule has 0 heterocycles. The van der Waals surface area contributed by atoms with E-state index in [1.165, 1.54) is 0 Å². The number of phenols is 1. The summed E-state index contributed by atoms with van der Waals surface area (Å²) in [5, 5.41) is 16.1. The Labute approximate surface area is 138 Å². The molecule has 1 amide bonds. The quantitative estimate of drug-likeness (QED) is 0.749. The van der Waals surface area contributed by atoms with Crippen LogP contribution in [-0.4, -0.2) is 36.5 Å². The first-order valence-corrected chi connectivity index (χ1v) is 7.72. The maximum absolute atomic E-state index is 11.6. The highest BCUT2D eigenvalue weighted by Crippen LogP contribution is 2.28. The zero-order valence-corrected chi connectivity index (χ0v) is 14.8. The highest BCUT2D eigenvalue weighted by atomic mass is 16.6. The highest BCUT2D eigenvalue weighted by Gasteiger charge is 2.18. The van der Waals surface area contributed by atoms with Crippen LogP contribution in [0.2, 0.25) is 0 Å². The second kappa shape index (κ2) is 8.06. The smallest absolute Gasteiger partial charge is 0.407 e. The number of ether oxygens (including phenoxy) is 2. The zero-order chi connectivity index (χ0) is 17.6. The molecule has 0 saturated heterocycles. The number of nitrogens with one attached hydrogen (secondary N) is 2. The first-order valence-electron chi connectivity index (χ1n) is 7.72. The van der Waals surface area contributed by atoms with E-state index in [1.807, 2.05) is 40.7 Å². The van der Waals surface area contributed by atoms with Gasteiger partial charge in [0.05, 0.1) is 7.11 Å². The van der Waals surface area contributed by atoms with E-state index < -0.39 is 11.7 Å². The van der Waals surface area contributed by atoms with Crippen molar-refractivity contribution in [2.24, 2.45) is 0 Å². The minimum absolute atomic E-state index is 0.0130. The number of alkyl carbamates (subject to hydrolysis) is 1. The number of hydrogen-bond donors (Lipinski definition) is 3. The van der Waals surface area contributed by atoms with E-state index >= 15 is 0 Å². The minimum Gasteiger partial charge on any atom is -0.507 e. The number of rotatable bonds is 6. The minimum atomic E-state index is -0.511. The highest BCUT2D eigenvalue weighted by molar-refractivity contribution is 5.67. The molecule has 6 nitrogen and oxygen atoms in total.